The van der Waals surface area contributed by atoms with Crippen molar-refractivity contribution in [2.24, 2.45) is 0 Å². The van der Waals surface area contributed by atoms with E-state index < -0.39 is 20.6 Å². The van der Waals surface area contributed by atoms with Crippen molar-refractivity contribution in [2.45, 2.75) is 24.6 Å². The maximum absolute atomic E-state index is 13.0. The number of hydrogen-bond donors (Lipinski definition) is 1. The van der Waals surface area contributed by atoms with Crippen LogP contribution in [0, 0.1) is 0 Å². The van der Waals surface area contributed by atoms with E-state index in [4.69, 9.17) is 4.74 Å². The summed E-state index contributed by atoms with van der Waals surface area (Å²) >= 11 is 0. The van der Waals surface area contributed by atoms with Gasteiger partial charge in [0.2, 0.25) is 5.91 Å². The van der Waals surface area contributed by atoms with Gasteiger partial charge < -0.3 is 9.64 Å². The lowest BCUT2D eigenvalue weighted by molar-refractivity contribution is -0.134. The molecule has 1 aromatic carbocycles. The van der Waals surface area contributed by atoms with E-state index in [0.717, 1.165) is 5.56 Å². The van der Waals surface area contributed by atoms with Gasteiger partial charge in [0, 0.05) is 25.2 Å². The van der Waals surface area contributed by atoms with Crippen molar-refractivity contribution < 1.29 is 17.9 Å². The number of ether oxygens (including phenoxy) is 1. The lowest BCUT2D eigenvalue weighted by atomic mass is 10.0. The molecule has 1 atom stereocenters. The number of nitrogens with zero attached hydrogens (tertiary/aromatic N) is 1. The van der Waals surface area contributed by atoms with Crippen LogP contribution in [-0.4, -0.2) is 56.0 Å². The number of nitrogens with one attached hydrogen (secondary N) is 1. The van der Waals surface area contributed by atoms with Crippen LogP contribution < -0.4 is 10.1 Å². The van der Waals surface area contributed by atoms with Gasteiger partial charge in [-0.25, -0.2) is 8.42 Å². The van der Waals surface area contributed by atoms with Crippen LogP contribution in [0.25, 0.3) is 0 Å². The van der Waals surface area contributed by atoms with Crippen LogP contribution in [-0.2, 0) is 14.6 Å². The molecule has 0 aromatic heterocycles. The third kappa shape index (κ3) is 2.95. The summed E-state index contributed by atoms with van der Waals surface area (Å²) in [5.74, 6) is 0.627. The first-order valence-electron chi connectivity index (χ1n) is 7.78. The number of hydrogen-bond acceptors (Lipinski definition) is 5. The smallest absolute Gasteiger partial charge is 0.244 e. The first-order chi connectivity index (χ1) is 10.8. The van der Waals surface area contributed by atoms with Crippen molar-refractivity contribution in [3.05, 3.63) is 29.8 Å². The van der Waals surface area contributed by atoms with Crippen molar-refractivity contribution in [3.8, 4) is 5.75 Å². The zero-order valence-electron chi connectivity index (χ0n) is 13.4. The Morgan fingerprint density at radius 1 is 1.35 bits per heavy atom. The lowest BCUT2D eigenvalue weighted by Gasteiger charge is -2.39. The average Bonchev–Trinajstić information content (AvgIpc) is 2.72. The number of fused-ring (bicyclic) bond motifs is 1. The van der Waals surface area contributed by atoms with E-state index in [1.165, 1.54) is 0 Å². The minimum Gasteiger partial charge on any atom is -0.492 e. The molecule has 1 aromatic rings. The monoisotopic (exact) mass is 338 g/mol. The van der Waals surface area contributed by atoms with Crippen molar-refractivity contribution in [1.82, 2.24) is 10.2 Å². The second-order valence-electron chi connectivity index (χ2n) is 6.61. The van der Waals surface area contributed by atoms with Gasteiger partial charge in [0.1, 0.15) is 18.4 Å². The molecule has 1 unspecified atom stereocenters. The molecule has 0 bridgehead atoms. The Kier molecular flexibility index (Phi) is 4.10. The molecule has 0 saturated carbocycles. The topological polar surface area (TPSA) is 75.7 Å². The molecule has 7 heteroatoms. The number of carbonyl (C=O) groups is 1. The highest BCUT2D eigenvalue weighted by molar-refractivity contribution is 7.92. The summed E-state index contributed by atoms with van der Waals surface area (Å²) in [6, 6.07) is 6.99. The molecular weight excluding hydrogens is 316 g/mol. The summed E-state index contributed by atoms with van der Waals surface area (Å²) in [6.07, 6.45) is 0. The van der Waals surface area contributed by atoms with Gasteiger partial charge in [-0.2, -0.15) is 0 Å². The quantitative estimate of drug-likeness (QED) is 0.818. The molecule has 2 heterocycles. The fourth-order valence-corrected chi connectivity index (χ4v) is 4.43. The molecule has 3 rings (SSSR count). The van der Waals surface area contributed by atoms with E-state index in [1.807, 2.05) is 24.3 Å². The summed E-state index contributed by atoms with van der Waals surface area (Å²) in [5, 5.41) is 3.22. The molecule has 0 radical (unpaired) electrons. The number of para-hydroxylation sites is 1. The molecule has 0 spiro atoms. The van der Waals surface area contributed by atoms with E-state index >= 15 is 0 Å². The molecule has 23 heavy (non-hydrogen) atoms. The first-order valence-corrected chi connectivity index (χ1v) is 9.43. The fourth-order valence-electron chi connectivity index (χ4n) is 3.06. The summed E-state index contributed by atoms with van der Waals surface area (Å²) in [6.45, 7) is 4.89. The first kappa shape index (κ1) is 16.3. The SMILES string of the molecule is CC1(C)CN(C(=O)C2NCCOc3ccccc32)CCS1(=O)=O. The minimum absolute atomic E-state index is 0.0105. The molecule has 1 N–H and O–H groups in total. The van der Waals surface area contributed by atoms with Crippen LogP contribution in [0.1, 0.15) is 25.5 Å². The molecule has 6 nitrogen and oxygen atoms in total. The minimum atomic E-state index is -3.16. The van der Waals surface area contributed by atoms with E-state index in [2.05, 4.69) is 5.32 Å². The van der Waals surface area contributed by atoms with Gasteiger partial charge in [0.05, 0.1) is 10.5 Å². The molecule has 1 fully saturated rings. The van der Waals surface area contributed by atoms with E-state index in [9.17, 15) is 13.2 Å². The normalized spacial score (nSPS) is 25.8. The van der Waals surface area contributed by atoms with Gasteiger partial charge in [-0.05, 0) is 19.9 Å². The highest BCUT2D eigenvalue weighted by Gasteiger charge is 2.43. The lowest BCUT2D eigenvalue weighted by Crippen LogP contribution is -2.56. The second-order valence-corrected chi connectivity index (χ2v) is 9.35. The van der Waals surface area contributed by atoms with Gasteiger partial charge in [0.25, 0.3) is 0 Å². The Morgan fingerprint density at radius 2 is 2.09 bits per heavy atom. The highest BCUT2D eigenvalue weighted by Crippen LogP contribution is 2.30. The maximum Gasteiger partial charge on any atom is 0.244 e. The van der Waals surface area contributed by atoms with E-state index in [1.54, 1.807) is 18.7 Å². The van der Waals surface area contributed by atoms with Gasteiger partial charge in [-0.1, -0.05) is 18.2 Å². The van der Waals surface area contributed by atoms with Gasteiger partial charge in [-0.15, -0.1) is 0 Å². The molecule has 1 saturated heterocycles. The number of carbonyl (C=O) groups excluding carboxylic acids is 1. The molecule has 1 amide bonds. The Hall–Kier alpha value is -1.60. The molecule has 0 aliphatic carbocycles. The number of benzene rings is 1. The Morgan fingerprint density at radius 3 is 2.83 bits per heavy atom. The summed E-state index contributed by atoms with van der Waals surface area (Å²) in [5.41, 5.74) is 0.807. The third-order valence-corrected chi connectivity index (χ3v) is 7.07. The van der Waals surface area contributed by atoms with Crippen molar-refractivity contribution >= 4 is 15.7 Å². The van der Waals surface area contributed by atoms with Crippen molar-refractivity contribution in [2.75, 3.05) is 32.0 Å². The molecule has 2 aliphatic heterocycles. The zero-order valence-corrected chi connectivity index (χ0v) is 14.2. The molecule has 2 aliphatic rings. The van der Waals surface area contributed by atoms with Gasteiger partial charge in [0.15, 0.2) is 9.84 Å². The molecule has 126 valence electrons. The highest BCUT2D eigenvalue weighted by atomic mass is 32.2. The Balaban J connectivity index is 1.87. The van der Waals surface area contributed by atoms with Crippen molar-refractivity contribution in [1.29, 1.82) is 0 Å². The predicted octanol–water partition coefficient (Wildman–Crippen LogP) is 0.745. The Bertz CT molecular complexity index is 715. The molecular formula is C16H22N2O4S. The standard InChI is InChI=1S/C16H22N2O4S/c1-16(2)11-18(8-10-23(16,20)21)15(19)14-12-5-3-4-6-13(12)22-9-7-17-14/h3-6,14,17H,7-11H2,1-2H3. The van der Waals surface area contributed by atoms with Crippen LogP contribution in [0.4, 0.5) is 0 Å². The second kappa shape index (κ2) is 5.79. The van der Waals surface area contributed by atoms with E-state index in [0.29, 0.717) is 18.9 Å². The van der Waals surface area contributed by atoms with Crippen LogP contribution in [0.5, 0.6) is 5.75 Å². The summed E-state index contributed by atoms with van der Waals surface area (Å²) in [4.78, 5) is 14.6. The van der Waals surface area contributed by atoms with Crippen LogP contribution in [0.15, 0.2) is 24.3 Å². The van der Waals surface area contributed by atoms with Crippen LogP contribution in [0.2, 0.25) is 0 Å². The number of sulfone groups is 1. The Labute approximate surface area is 136 Å². The van der Waals surface area contributed by atoms with Gasteiger partial charge in [-0.3, -0.25) is 10.1 Å². The predicted molar refractivity (Wildman–Crippen MR) is 87.1 cm³/mol. The van der Waals surface area contributed by atoms with Crippen LogP contribution >= 0.6 is 0 Å². The largest absolute Gasteiger partial charge is 0.492 e. The number of amides is 1. The third-order valence-electron chi connectivity index (χ3n) is 4.54. The van der Waals surface area contributed by atoms with Gasteiger partial charge >= 0.3 is 0 Å². The average molecular weight is 338 g/mol. The van der Waals surface area contributed by atoms with Crippen molar-refractivity contribution in [3.63, 3.8) is 0 Å². The van der Waals surface area contributed by atoms with E-state index in [-0.39, 0.29) is 24.7 Å². The maximum atomic E-state index is 13.0. The summed E-state index contributed by atoms with van der Waals surface area (Å²) < 4.78 is 29.0. The van der Waals surface area contributed by atoms with Crippen LogP contribution in [0.3, 0.4) is 0 Å². The fraction of sp³-hybridized carbons (Fsp3) is 0.562. The summed E-state index contributed by atoms with van der Waals surface area (Å²) in [7, 11) is -3.16. The zero-order chi connectivity index (χ0) is 16.7. The number of rotatable bonds is 1.